The molecule has 0 saturated heterocycles. The quantitative estimate of drug-likeness (QED) is 0.343. The van der Waals surface area contributed by atoms with Crippen LogP contribution in [-0.4, -0.2) is 22.3 Å². The average Bonchev–Trinajstić information content (AvgIpc) is 2.63. The molecule has 172 valence electrons. The second kappa shape index (κ2) is 9.79. The third-order valence-corrected chi connectivity index (χ3v) is 12.9. The van der Waals surface area contributed by atoms with Crippen molar-refractivity contribution in [2.24, 2.45) is 0 Å². The average molecular weight is 480 g/mol. The molecule has 0 radical (unpaired) electrons. The van der Waals surface area contributed by atoms with Crippen molar-refractivity contribution in [3.63, 3.8) is 0 Å². The van der Waals surface area contributed by atoms with E-state index < -0.39 is 23.9 Å². The Labute approximate surface area is 194 Å². The SMILES string of the molecule is CC(C)(C)NS(=O)(=O)c1cc(CO[Si](C)(C)C(C)(C)C)ccc1SCc1ccccc1. The normalized spacial score (nSPS) is 13.4. The molecule has 31 heavy (non-hydrogen) atoms. The van der Waals surface area contributed by atoms with Crippen LogP contribution in [0, 0.1) is 0 Å². The zero-order chi connectivity index (χ0) is 23.5. The lowest BCUT2D eigenvalue weighted by molar-refractivity contribution is 0.276. The summed E-state index contributed by atoms with van der Waals surface area (Å²) in [4.78, 5) is 1.07. The molecule has 0 fully saturated rings. The number of hydrogen-bond donors (Lipinski definition) is 1. The molecule has 0 aliphatic carbocycles. The topological polar surface area (TPSA) is 55.4 Å². The molecule has 4 nitrogen and oxygen atoms in total. The van der Waals surface area contributed by atoms with Crippen molar-refractivity contribution in [1.29, 1.82) is 0 Å². The molecule has 0 bridgehead atoms. The highest BCUT2D eigenvalue weighted by Gasteiger charge is 2.37. The summed E-state index contributed by atoms with van der Waals surface area (Å²) in [6, 6.07) is 15.7. The van der Waals surface area contributed by atoms with E-state index in [1.807, 2.05) is 51.1 Å². The van der Waals surface area contributed by atoms with Crippen molar-refractivity contribution in [3.05, 3.63) is 59.7 Å². The first-order valence-electron chi connectivity index (χ1n) is 10.6. The predicted octanol–water partition coefficient (Wildman–Crippen LogP) is 6.58. The molecular formula is C24H37NO3S2Si. The van der Waals surface area contributed by atoms with Gasteiger partial charge in [-0.1, -0.05) is 57.2 Å². The highest BCUT2D eigenvalue weighted by atomic mass is 32.2. The lowest BCUT2D eigenvalue weighted by atomic mass is 10.1. The molecule has 0 saturated carbocycles. The Balaban J connectivity index is 2.35. The Morgan fingerprint density at radius 1 is 0.935 bits per heavy atom. The van der Waals surface area contributed by atoms with Gasteiger partial charge in [0, 0.05) is 16.2 Å². The van der Waals surface area contributed by atoms with E-state index in [0.717, 1.165) is 16.0 Å². The van der Waals surface area contributed by atoms with Crippen molar-refractivity contribution in [3.8, 4) is 0 Å². The van der Waals surface area contributed by atoms with Gasteiger partial charge in [-0.25, -0.2) is 13.1 Å². The molecule has 0 amide bonds. The molecule has 2 rings (SSSR count). The van der Waals surface area contributed by atoms with Crippen LogP contribution < -0.4 is 4.72 Å². The van der Waals surface area contributed by atoms with Crippen LogP contribution in [0.5, 0.6) is 0 Å². The second-order valence-corrected chi connectivity index (χ2v) is 17.9. The van der Waals surface area contributed by atoms with E-state index in [1.165, 1.54) is 11.8 Å². The molecule has 7 heteroatoms. The van der Waals surface area contributed by atoms with Crippen LogP contribution in [0.15, 0.2) is 58.3 Å². The van der Waals surface area contributed by atoms with Gasteiger partial charge in [-0.15, -0.1) is 11.8 Å². The molecule has 0 aromatic heterocycles. The first kappa shape index (κ1) is 26.1. The maximum Gasteiger partial charge on any atom is 0.242 e. The zero-order valence-corrected chi connectivity index (χ0v) is 22.7. The highest BCUT2D eigenvalue weighted by Crippen LogP contribution is 2.37. The number of nitrogens with one attached hydrogen (secondary N) is 1. The number of sulfonamides is 1. The van der Waals surface area contributed by atoms with Crippen LogP contribution >= 0.6 is 11.8 Å². The van der Waals surface area contributed by atoms with Gasteiger partial charge in [-0.2, -0.15) is 0 Å². The molecule has 0 aliphatic rings. The molecule has 2 aromatic rings. The Bertz CT molecular complexity index is 976. The monoisotopic (exact) mass is 479 g/mol. The van der Waals surface area contributed by atoms with E-state index in [-0.39, 0.29) is 5.04 Å². The standard InChI is InChI=1S/C24H37NO3S2Si/c1-23(2,3)25-30(26,27)22-16-20(17-28-31(7,8)24(4,5)6)14-15-21(22)29-18-19-12-10-9-11-13-19/h9-16,25H,17-18H2,1-8H3. The zero-order valence-electron chi connectivity index (χ0n) is 20.1. The summed E-state index contributed by atoms with van der Waals surface area (Å²) < 4.78 is 35.6. The highest BCUT2D eigenvalue weighted by molar-refractivity contribution is 7.99. The summed E-state index contributed by atoms with van der Waals surface area (Å²) >= 11 is 1.54. The maximum atomic E-state index is 13.2. The number of benzene rings is 2. The summed E-state index contributed by atoms with van der Waals surface area (Å²) in [5, 5.41) is 0.0984. The minimum Gasteiger partial charge on any atom is -0.413 e. The van der Waals surface area contributed by atoms with E-state index in [9.17, 15) is 8.42 Å². The van der Waals surface area contributed by atoms with E-state index >= 15 is 0 Å². The van der Waals surface area contributed by atoms with Crippen LogP contribution in [0.3, 0.4) is 0 Å². The molecule has 0 spiro atoms. The summed E-state index contributed by atoms with van der Waals surface area (Å²) in [7, 11) is -5.61. The first-order valence-corrected chi connectivity index (χ1v) is 16.0. The summed E-state index contributed by atoms with van der Waals surface area (Å²) in [5.74, 6) is 0.707. The van der Waals surface area contributed by atoms with Gasteiger partial charge in [0.05, 0.1) is 11.5 Å². The Hall–Kier alpha value is -1.12. The molecular weight excluding hydrogens is 442 g/mol. The third-order valence-electron chi connectivity index (χ3n) is 5.38. The van der Waals surface area contributed by atoms with E-state index in [1.54, 1.807) is 6.07 Å². The van der Waals surface area contributed by atoms with Crippen LogP contribution in [-0.2, 0) is 26.8 Å². The predicted molar refractivity (Wildman–Crippen MR) is 135 cm³/mol. The minimum absolute atomic E-state index is 0.0984. The van der Waals surface area contributed by atoms with Gasteiger partial charge >= 0.3 is 0 Å². The third kappa shape index (κ3) is 7.75. The largest absolute Gasteiger partial charge is 0.413 e. The minimum atomic E-state index is -3.67. The van der Waals surface area contributed by atoms with Crippen molar-refractivity contribution in [1.82, 2.24) is 4.72 Å². The van der Waals surface area contributed by atoms with Crippen LogP contribution in [0.25, 0.3) is 0 Å². The van der Waals surface area contributed by atoms with Gasteiger partial charge in [-0.05, 0) is 62.2 Å². The Kier molecular flexibility index (Phi) is 8.25. The molecule has 0 atom stereocenters. The Morgan fingerprint density at radius 2 is 1.55 bits per heavy atom. The number of thioether (sulfide) groups is 1. The smallest absolute Gasteiger partial charge is 0.242 e. The van der Waals surface area contributed by atoms with Crippen LogP contribution in [0.4, 0.5) is 0 Å². The second-order valence-electron chi connectivity index (χ2n) is 10.5. The van der Waals surface area contributed by atoms with Gasteiger partial charge in [-0.3, -0.25) is 0 Å². The van der Waals surface area contributed by atoms with E-state index in [4.69, 9.17) is 4.43 Å². The lowest BCUT2D eigenvalue weighted by Crippen LogP contribution is -2.41. The Morgan fingerprint density at radius 3 is 2.10 bits per heavy atom. The molecule has 0 heterocycles. The van der Waals surface area contributed by atoms with Gasteiger partial charge in [0.1, 0.15) is 0 Å². The summed E-state index contributed by atoms with van der Waals surface area (Å²) in [5.41, 5.74) is 1.47. The summed E-state index contributed by atoms with van der Waals surface area (Å²) in [6.07, 6.45) is 0. The molecule has 1 N–H and O–H groups in total. The molecule has 0 aliphatic heterocycles. The van der Waals surface area contributed by atoms with Crippen molar-refractivity contribution >= 4 is 30.1 Å². The number of hydrogen-bond acceptors (Lipinski definition) is 4. The fraction of sp³-hybridized carbons (Fsp3) is 0.500. The molecule has 0 unspecified atom stereocenters. The van der Waals surface area contributed by atoms with Crippen molar-refractivity contribution < 1.29 is 12.8 Å². The number of rotatable bonds is 8. The fourth-order valence-electron chi connectivity index (χ4n) is 2.65. The van der Waals surface area contributed by atoms with Gasteiger partial charge in [0.15, 0.2) is 8.32 Å². The van der Waals surface area contributed by atoms with Crippen LogP contribution in [0.1, 0.15) is 52.7 Å². The first-order chi connectivity index (χ1) is 14.1. The van der Waals surface area contributed by atoms with Crippen molar-refractivity contribution in [2.75, 3.05) is 0 Å². The van der Waals surface area contributed by atoms with E-state index in [0.29, 0.717) is 17.3 Å². The fourth-order valence-corrected chi connectivity index (χ4v) is 6.55. The summed E-state index contributed by atoms with van der Waals surface area (Å²) in [6.45, 7) is 17.0. The van der Waals surface area contributed by atoms with Gasteiger partial charge < -0.3 is 4.43 Å². The van der Waals surface area contributed by atoms with Gasteiger partial charge in [0.2, 0.25) is 10.0 Å². The molecule has 2 aromatic carbocycles. The van der Waals surface area contributed by atoms with E-state index in [2.05, 4.69) is 50.7 Å². The van der Waals surface area contributed by atoms with Gasteiger partial charge in [0.25, 0.3) is 0 Å². The van der Waals surface area contributed by atoms with Crippen LogP contribution in [0.2, 0.25) is 18.1 Å². The maximum absolute atomic E-state index is 13.2. The van der Waals surface area contributed by atoms with Crippen molar-refractivity contribution in [2.45, 2.75) is 87.4 Å². The lowest BCUT2D eigenvalue weighted by Gasteiger charge is -2.36.